The molecule has 3 heterocycles. The van der Waals surface area contributed by atoms with Crippen LogP contribution in [0.15, 0.2) is 30.5 Å². The summed E-state index contributed by atoms with van der Waals surface area (Å²) < 4.78 is 37.5. The lowest BCUT2D eigenvalue weighted by molar-refractivity contribution is 0.0187. The first-order valence-corrected chi connectivity index (χ1v) is 13.4. The predicted octanol–water partition coefficient (Wildman–Crippen LogP) is 6.09. The van der Waals surface area contributed by atoms with Crippen LogP contribution in [0.5, 0.6) is 5.75 Å². The molecule has 194 valence electrons. The van der Waals surface area contributed by atoms with E-state index in [9.17, 15) is 0 Å². The quantitative estimate of drug-likeness (QED) is 0.364. The van der Waals surface area contributed by atoms with Crippen LogP contribution in [0.2, 0.25) is 0 Å². The highest BCUT2D eigenvalue weighted by molar-refractivity contribution is 5.83. The number of unbranched alkanes of at least 4 members (excludes halogenated alkanes) is 2. The van der Waals surface area contributed by atoms with Gasteiger partial charge in [0.25, 0.3) is 0 Å². The van der Waals surface area contributed by atoms with E-state index < -0.39 is 17.6 Å². The first-order valence-electron chi connectivity index (χ1n) is 13.4. The van der Waals surface area contributed by atoms with Crippen LogP contribution < -0.4 is 4.74 Å². The number of hydrogen-bond donors (Lipinski definition) is 1. The fourth-order valence-corrected chi connectivity index (χ4v) is 6.02. The fraction of sp³-hybridized carbons (Fsp3) is 0.552. The molecule has 5 rings (SSSR count). The van der Waals surface area contributed by atoms with Gasteiger partial charge in [0.05, 0.1) is 11.7 Å². The Morgan fingerprint density at radius 1 is 1.14 bits per heavy atom. The number of ether oxygens (including phenoxy) is 1. The number of likely N-dealkylation sites (N-methyl/N-ethyl adjacent to an activating group) is 1. The van der Waals surface area contributed by atoms with E-state index in [0.717, 1.165) is 54.6 Å². The molecule has 0 radical (unpaired) electrons. The minimum absolute atomic E-state index is 0.0130. The van der Waals surface area contributed by atoms with Crippen molar-refractivity contribution in [3.05, 3.63) is 58.8 Å². The van der Waals surface area contributed by atoms with E-state index in [1.165, 1.54) is 31.4 Å². The molecule has 2 atom stereocenters. The molecule has 7 heteroatoms. The van der Waals surface area contributed by atoms with Crippen molar-refractivity contribution < 1.29 is 13.5 Å². The maximum Gasteiger partial charge on any atom is 0.133 e. The van der Waals surface area contributed by atoms with Gasteiger partial charge in [-0.05, 0) is 49.5 Å². The molecule has 2 aliphatic rings. The van der Waals surface area contributed by atoms with Gasteiger partial charge in [-0.25, -0.2) is 8.78 Å². The Morgan fingerprint density at radius 2 is 1.89 bits per heavy atom. The molecule has 0 aliphatic carbocycles. The summed E-state index contributed by atoms with van der Waals surface area (Å²) >= 11 is 0. The number of fused-ring (bicyclic) bond motifs is 3. The molecule has 1 aromatic heterocycles. The number of rotatable bonds is 9. The Kier molecular flexibility index (Phi) is 7.31. The van der Waals surface area contributed by atoms with Gasteiger partial charge in [-0.2, -0.15) is 5.10 Å². The van der Waals surface area contributed by atoms with Crippen LogP contribution in [0.25, 0.3) is 10.9 Å². The van der Waals surface area contributed by atoms with Crippen LogP contribution in [0.1, 0.15) is 69.1 Å². The van der Waals surface area contributed by atoms with Crippen molar-refractivity contribution in [3.63, 3.8) is 0 Å². The van der Waals surface area contributed by atoms with Gasteiger partial charge in [-0.1, -0.05) is 39.7 Å². The molecule has 0 spiro atoms. The normalized spacial score (nSPS) is 21.2. The van der Waals surface area contributed by atoms with Crippen molar-refractivity contribution >= 4 is 10.9 Å². The standard InChI is InChI=1S/C29H38F2N4O/c1-5-6-7-10-35-15-20(16-35)36-19-12-24(30)29(25(31)13-19)28-21-8-9-26-22(14-32-33-26)23(21)17-34(4)27(28)11-18(2)3/h8-9,12-14,18,20,27-28H,5-7,10-11,15-17H2,1-4H3,(H,32,33)/t27-,28+/m0/s1. The van der Waals surface area contributed by atoms with Crippen molar-refractivity contribution in [1.82, 2.24) is 20.0 Å². The van der Waals surface area contributed by atoms with Crippen LogP contribution in [-0.2, 0) is 6.54 Å². The lowest BCUT2D eigenvalue weighted by atomic mass is 9.75. The summed E-state index contributed by atoms with van der Waals surface area (Å²) in [6.45, 7) is 9.92. The SMILES string of the molecule is CCCCCN1CC(Oc2cc(F)c([C@@H]3c4ccc5[nH]ncc5c4CN(C)[C@H]3CC(C)C)c(F)c2)C1. The maximum absolute atomic E-state index is 15.8. The number of halogens is 2. The third-order valence-corrected chi connectivity index (χ3v) is 7.85. The third-order valence-electron chi connectivity index (χ3n) is 7.85. The smallest absolute Gasteiger partial charge is 0.133 e. The zero-order valence-electron chi connectivity index (χ0n) is 21.9. The van der Waals surface area contributed by atoms with Gasteiger partial charge in [0.1, 0.15) is 23.5 Å². The molecule has 3 aromatic rings. The van der Waals surface area contributed by atoms with Crippen LogP contribution in [-0.4, -0.2) is 58.8 Å². The van der Waals surface area contributed by atoms with Gasteiger partial charge in [0.15, 0.2) is 0 Å². The molecule has 0 saturated carbocycles. The highest BCUT2D eigenvalue weighted by Crippen LogP contribution is 2.44. The van der Waals surface area contributed by atoms with E-state index in [1.807, 2.05) is 18.3 Å². The summed E-state index contributed by atoms with van der Waals surface area (Å²) in [7, 11) is 2.05. The average Bonchev–Trinajstić information content (AvgIpc) is 3.28. The van der Waals surface area contributed by atoms with Crippen LogP contribution in [0.3, 0.4) is 0 Å². The van der Waals surface area contributed by atoms with E-state index in [-0.39, 0.29) is 23.5 Å². The van der Waals surface area contributed by atoms with E-state index in [4.69, 9.17) is 4.74 Å². The van der Waals surface area contributed by atoms with Gasteiger partial charge in [0, 0.05) is 54.7 Å². The van der Waals surface area contributed by atoms with E-state index >= 15 is 8.78 Å². The Hall–Kier alpha value is -2.51. The maximum atomic E-state index is 15.8. The number of benzene rings is 2. The van der Waals surface area contributed by atoms with Crippen molar-refractivity contribution in [3.8, 4) is 5.75 Å². The number of aromatic nitrogens is 2. The first kappa shape index (κ1) is 25.2. The summed E-state index contributed by atoms with van der Waals surface area (Å²) in [6, 6.07) is 6.75. The molecule has 5 nitrogen and oxygen atoms in total. The number of likely N-dealkylation sites (tertiary alicyclic amines) is 1. The molecule has 2 aliphatic heterocycles. The molecule has 1 saturated heterocycles. The molecular weight excluding hydrogens is 458 g/mol. The molecule has 2 aromatic carbocycles. The lowest BCUT2D eigenvalue weighted by Crippen LogP contribution is -2.53. The number of nitrogens with zero attached hydrogens (tertiary/aromatic N) is 3. The van der Waals surface area contributed by atoms with Gasteiger partial charge < -0.3 is 4.74 Å². The minimum atomic E-state index is -0.531. The molecule has 1 fully saturated rings. The largest absolute Gasteiger partial charge is 0.488 e. The zero-order chi connectivity index (χ0) is 25.4. The van der Waals surface area contributed by atoms with Gasteiger partial charge in [0.2, 0.25) is 0 Å². The topological polar surface area (TPSA) is 44.4 Å². The summed E-state index contributed by atoms with van der Waals surface area (Å²) in [4.78, 5) is 4.58. The highest BCUT2D eigenvalue weighted by Gasteiger charge is 2.39. The van der Waals surface area contributed by atoms with Crippen LogP contribution in [0.4, 0.5) is 8.78 Å². The first-order chi connectivity index (χ1) is 17.4. The molecular formula is C29H38F2N4O. The Balaban J connectivity index is 1.44. The van der Waals surface area contributed by atoms with Crippen molar-refractivity contribution in [2.75, 3.05) is 26.7 Å². The second-order valence-electron chi connectivity index (χ2n) is 11.1. The Morgan fingerprint density at radius 3 is 2.58 bits per heavy atom. The average molecular weight is 497 g/mol. The van der Waals surface area contributed by atoms with E-state index in [0.29, 0.717) is 5.92 Å². The second kappa shape index (κ2) is 10.5. The van der Waals surface area contributed by atoms with Gasteiger partial charge in [-0.15, -0.1) is 0 Å². The Labute approximate surface area is 212 Å². The number of H-pyrrole nitrogens is 1. The number of hydrogen-bond acceptors (Lipinski definition) is 4. The Bertz CT molecular complexity index is 1180. The summed E-state index contributed by atoms with van der Waals surface area (Å²) in [5.74, 6) is -0.797. The summed E-state index contributed by atoms with van der Waals surface area (Å²) in [6.07, 6.45) is 6.25. The fourth-order valence-electron chi connectivity index (χ4n) is 6.02. The van der Waals surface area contributed by atoms with Crippen molar-refractivity contribution in [2.45, 2.75) is 71.1 Å². The number of nitrogens with one attached hydrogen (secondary N) is 1. The molecule has 0 unspecified atom stereocenters. The molecule has 0 amide bonds. The number of aromatic amines is 1. The van der Waals surface area contributed by atoms with Gasteiger partial charge >= 0.3 is 0 Å². The molecule has 36 heavy (non-hydrogen) atoms. The van der Waals surface area contributed by atoms with Gasteiger partial charge in [-0.3, -0.25) is 14.9 Å². The minimum Gasteiger partial charge on any atom is -0.488 e. The van der Waals surface area contributed by atoms with Crippen LogP contribution >= 0.6 is 0 Å². The molecule has 0 bridgehead atoms. The van der Waals surface area contributed by atoms with Crippen molar-refractivity contribution in [2.24, 2.45) is 5.92 Å². The van der Waals surface area contributed by atoms with Crippen molar-refractivity contribution in [1.29, 1.82) is 0 Å². The van der Waals surface area contributed by atoms with E-state index in [2.05, 4.69) is 47.8 Å². The summed E-state index contributed by atoms with van der Waals surface area (Å²) in [5.41, 5.74) is 3.15. The zero-order valence-corrected chi connectivity index (χ0v) is 21.9. The summed E-state index contributed by atoms with van der Waals surface area (Å²) in [5, 5.41) is 8.24. The third kappa shape index (κ3) is 4.88. The molecule has 1 N–H and O–H groups in total. The lowest BCUT2D eigenvalue weighted by Gasteiger charge is -2.42. The monoisotopic (exact) mass is 496 g/mol. The highest BCUT2D eigenvalue weighted by atomic mass is 19.1. The van der Waals surface area contributed by atoms with E-state index in [1.54, 1.807) is 0 Å². The predicted molar refractivity (Wildman–Crippen MR) is 139 cm³/mol. The second-order valence-corrected chi connectivity index (χ2v) is 11.1. The van der Waals surface area contributed by atoms with Crippen LogP contribution in [0, 0.1) is 17.6 Å².